The third kappa shape index (κ3) is 5.76. The number of ether oxygens (including phenoxy) is 1. The maximum atomic E-state index is 11.9. The molecule has 6 nitrogen and oxygen atoms in total. The number of rotatable bonds is 5. The van der Waals surface area contributed by atoms with E-state index in [9.17, 15) is 4.79 Å². The maximum Gasteiger partial charge on any atom is 0.408 e. The van der Waals surface area contributed by atoms with Crippen LogP contribution >= 0.6 is 0 Å². The SMILES string of the molecule is CCCn1nc(C#N)cc1CC(C)(C)NC(=O)OC(C)(C)C. The van der Waals surface area contributed by atoms with E-state index in [2.05, 4.69) is 23.4 Å². The summed E-state index contributed by atoms with van der Waals surface area (Å²) < 4.78 is 7.12. The molecule has 1 rings (SSSR count). The number of carbonyl (C=O) groups excluding carboxylic acids is 1. The highest BCUT2D eigenvalue weighted by Crippen LogP contribution is 2.16. The van der Waals surface area contributed by atoms with Gasteiger partial charge in [0.2, 0.25) is 0 Å². The van der Waals surface area contributed by atoms with Crippen molar-refractivity contribution in [1.29, 1.82) is 5.26 Å². The molecule has 0 bridgehead atoms. The van der Waals surface area contributed by atoms with Gasteiger partial charge in [0.25, 0.3) is 0 Å². The van der Waals surface area contributed by atoms with Crippen LogP contribution in [0.1, 0.15) is 59.4 Å². The lowest BCUT2D eigenvalue weighted by Gasteiger charge is -2.28. The third-order valence-electron chi connectivity index (χ3n) is 2.88. The fourth-order valence-corrected chi connectivity index (χ4v) is 2.13. The van der Waals surface area contributed by atoms with E-state index in [0.29, 0.717) is 12.1 Å². The average Bonchev–Trinajstić information content (AvgIpc) is 2.68. The second kappa shape index (κ2) is 6.82. The molecule has 0 unspecified atom stereocenters. The molecule has 1 amide bonds. The van der Waals surface area contributed by atoms with Crippen LogP contribution in [0.2, 0.25) is 0 Å². The van der Waals surface area contributed by atoms with Crippen molar-refractivity contribution in [2.75, 3.05) is 0 Å². The zero-order valence-corrected chi connectivity index (χ0v) is 14.4. The summed E-state index contributed by atoms with van der Waals surface area (Å²) in [6, 6.07) is 3.83. The summed E-state index contributed by atoms with van der Waals surface area (Å²) in [5.74, 6) is 0. The standard InChI is InChI=1S/C16H26N4O2/c1-7-8-20-13(9-12(11-17)19-20)10-16(5,6)18-14(21)22-15(2,3)4/h9H,7-8,10H2,1-6H3,(H,18,21). The van der Waals surface area contributed by atoms with Gasteiger partial charge in [-0.1, -0.05) is 6.92 Å². The van der Waals surface area contributed by atoms with Gasteiger partial charge in [0.1, 0.15) is 11.7 Å². The number of alkyl carbamates (subject to hydrolysis) is 1. The van der Waals surface area contributed by atoms with Gasteiger partial charge in [-0.15, -0.1) is 0 Å². The molecule has 0 saturated carbocycles. The van der Waals surface area contributed by atoms with Crippen LogP contribution in [-0.4, -0.2) is 27.0 Å². The summed E-state index contributed by atoms with van der Waals surface area (Å²) in [6.07, 6.45) is 1.06. The molecule has 1 aromatic rings. The van der Waals surface area contributed by atoms with Gasteiger partial charge in [-0.2, -0.15) is 10.4 Å². The predicted octanol–water partition coefficient (Wildman–Crippen LogP) is 3.01. The van der Waals surface area contributed by atoms with Crippen LogP contribution in [0.25, 0.3) is 0 Å². The molecular formula is C16H26N4O2. The third-order valence-corrected chi connectivity index (χ3v) is 2.88. The molecule has 0 fully saturated rings. The zero-order valence-electron chi connectivity index (χ0n) is 14.4. The summed E-state index contributed by atoms with van der Waals surface area (Å²) in [5.41, 5.74) is 0.301. The van der Waals surface area contributed by atoms with Crippen molar-refractivity contribution >= 4 is 6.09 Å². The van der Waals surface area contributed by atoms with Gasteiger partial charge < -0.3 is 10.1 Å². The number of nitrogens with zero attached hydrogens (tertiary/aromatic N) is 3. The van der Waals surface area contributed by atoms with E-state index < -0.39 is 17.2 Å². The normalized spacial score (nSPS) is 11.9. The first-order valence-electron chi connectivity index (χ1n) is 7.54. The van der Waals surface area contributed by atoms with Crippen LogP contribution < -0.4 is 5.32 Å². The highest BCUT2D eigenvalue weighted by Gasteiger charge is 2.26. The fraction of sp³-hybridized carbons (Fsp3) is 0.688. The highest BCUT2D eigenvalue weighted by atomic mass is 16.6. The van der Waals surface area contributed by atoms with E-state index in [1.165, 1.54) is 0 Å². The summed E-state index contributed by atoms with van der Waals surface area (Å²) in [6.45, 7) is 12.1. The molecule has 0 aliphatic carbocycles. The van der Waals surface area contributed by atoms with Gasteiger partial charge in [0.05, 0.1) is 0 Å². The molecule has 0 aliphatic rings. The Kier molecular flexibility index (Phi) is 5.59. The van der Waals surface area contributed by atoms with Crippen molar-refractivity contribution in [3.63, 3.8) is 0 Å². The van der Waals surface area contributed by atoms with E-state index in [4.69, 9.17) is 10.00 Å². The number of amides is 1. The fourth-order valence-electron chi connectivity index (χ4n) is 2.13. The molecule has 0 saturated heterocycles. The zero-order chi connectivity index (χ0) is 17.0. The van der Waals surface area contributed by atoms with E-state index in [0.717, 1.165) is 18.7 Å². The molecule has 1 N–H and O–H groups in total. The molecule has 6 heteroatoms. The summed E-state index contributed by atoms with van der Waals surface area (Å²) in [5, 5.41) is 16.1. The number of hydrogen-bond acceptors (Lipinski definition) is 4. The van der Waals surface area contributed by atoms with Crippen LogP contribution in [0.3, 0.4) is 0 Å². The van der Waals surface area contributed by atoms with Crippen molar-refractivity contribution in [2.24, 2.45) is 0 Å². The van der Waals surface area contributed by atoms with Crippen molar-refractivity contribution < 1.29 is 9.53 Å². The summed E-state index contributed by atoms with van der Waals surface area (Å²) in [7, 11) is 0. The Morgan fingerprint density at radius 1 is 1.41 bits per heavy atom. The Balaban J connectivity index is 2.81. The molecule has 0 aromatic carbocycles. The predicted molar refractivity (Wildman–Crippen MR) is 84.4 cm³/mol. The van der Waals surface area contributed by atoms with Crippen molar-refractivity contribution in [1.82, 2.24) is 15.1 Å². The number of hydrogen-bond donors (Lipinski definition) is 1. The lowest BCUT2D eigenvalue weighted by molar-refractivity contribution is 0.0471. The van der Waals surface area contributed by atoms with Gasteiger partial charge in [-0.25, -0.2) is 4.79 Å². The van der Waals surface area contributed by atoms with Gasteiger partial charge in [0.15, 0.2) is 5.69 Å². The Labute approximate surface area is 132 Å². The van der Waals surface area contributed by atoms with E-state index in [-0.39, 0.29) is 0 Å². The minimum Gasteiger partial charge on any atom is -0.444 e. The Morgan fingerprint density at radius 2 is 2.05 bits per heavy atom. The summed E-state index contributed by atoms with van der Waals surface area (Å²) in [4.78, 5) is 11.9. The van der Waals surface area contributed by atoms with E-state index in [1.54, 1.807) is 6.07 Å². The van der Waals surface area contributed by atoms with E-state index in [1.807, 2.05) is 39.3 Å². The Bertz CT molecular complexity index is 562. The van der Waals surface area contributed by atoms with Crippen molar-refractivity contribution in [3.05, 3.63) is 17.5 Å². The monoisotopic (exact) mass is 306 g/mol. The van der Waals surface area contributed by atoms with Crippen LogP contribution in [0.5, 0.6) is 0 Å². The second-order valence-corrected chi connectivity index (χ2v) is 7.04. The molecule has 1 aromatic heterocycles. The quantitative estimate of drug-likeness (QED) is 0.906. The van der Waals surface area contributed by atoms with Gasteiger partial charge in [-0.05, 0) is 47.1 Å². The molecular weight excluding hydrogens is 280 g/mol. The lowest BCUT2D eigenvalue weighted by Crippen LogP contribution is -2.47. The van der Waals surface area contributed by atoms with Crippen LogP contribution in [0.15, 0.2) is 6.07 Å². The van der Waals surface area contributed by atoms with Gasteiger partial charge in [0, 0.05) is 24.2 Å². The Hall–Kier alpha value is -2.03. The Morgan fingerprint density at radius 3 is 2.55 bits per heavy atom. The van der Waals surface area contributed by atoms with Crippen LogP contribution in [-0.2, 0) is 17.7 Å². The largest absolute Gasteiger partial charge is 0.444 e. The molecule has 1 heterocycles. The van der Waals surface area contributed by atoms with Crippen molar-refractivity contribution in [2.45, 2.75) is 72.1 Å². The number of carbonyl (C=O) groups is 1. The van der Waals surface area contributed by atoms with Crippen LogP contribution in [0.4, 0.5) is 4.79 Å². The number of nitriles is 1. The lowest BCUT2D eigenvalue weighted by atomic mass is 9.98. The number of nitrogens with one attached hydrogen (secondary N) is 1. The molecule has 0 atom stereocenters. The van der Waals surface area contributed by atoms with Crippen LogP contribution in [0, 0.1) is 11.3 Å². The first-order chi connectivity index (χ1) is 10.1. The minimum absolute atomic E-state index is 0.400. The summed E-state index contributed by atoms with van der Waals surface area (Å²) >= 11 is 0. The molecule has 122 valence electrons. The first kappa shape index (κ1) is 18.0. The number of aryl methyl sites for hydroxylation is 1. The first-order valence-corrected chi connectivity index (χ1v) is 7.54. The molecule has 0 aliphatic heterocycles. The second-order valence-electron chi connectivity index (χ2n) is 7.04. The smallest absolute Gasteiger partial charge is 0.408 e. The van der Waals surface area contributed by atoms with Gasteiger partial charge in [-0.3, -0.25) is 4.68 Å². The highest BCUT2D eigenvalue weighted by molar-refractivity contribution is 5.68. The molecule has 22 heavy (non-hydrogen) atoms. The van der Waals surface area contributed by atoms with Crippen molar-refractivity contribution in [3.8, 4) is 6.07 Å². The van der Waals surface area contributed by atoms with E-state index >= 15 is 0 Å². The van der Waals surface area contributed by atoms with Gasteiger partial charge >= 0.3 is 6.09 Å². The minimum atomic E-state index is -0.530. The average molecular weight is 306 g/mol. The topological polar surface area (TPSA) is 79.9 Å². The molecule has 0 radical (unpaired) electrons. The number of aromatic nitrogens is 2. The molecule has 0 spiro atoms. The maximum absolute atomic E-state index is 11.9.